The van der Waals surface area contributed by atoms with Gasteiger partial charge in [0.05, 0.1) is 12.3 Å². The van der Waals surface area contributed by atoms with Gasteiger partial charge in [0.2, 0.25) is 0 Å². The van der Waals surface area contributed by atoms with Crippen molar-refractivity contribution in [1.29, 1.82) is 0 Å². The van der Waals surface area contributed by atoms with Crippen molar-refractivity contribution in [1.82, 2.24) is 10.6 Å². The van der Waals surface area contributed by atoms with Crippen molar-refractivity contribution >= 4 is 39.8 Å². The normalized spacial score (nSPS) is 11.6. The lowest BCUT2D eigenvalue weighted by Crippen LogP contribution is -2.36. The molecule has 0 fully saturated rings. The summed E-state index contributed by atoms with van der Waals surface area (Å²) in [5, 5.41) is 6.57. The number of rotatable bonds is 7. The summed E-state index contributed by atoms with van der Waals surface area (Å²) in [6, 6.07) is 15.9. The fourth-order valence-electron chi connectivity index (χ4n) is 2.45. The molecule has 148 valence electrons. The van der Waals surface area contributed by atoms with Crippen LogP contribution in [0.25, 0.3) is 0 Å². The number of benzene rings is 2. The molecule has 2 aromatic rings. The van der Waals surface area contributed by atoms with Gasteiger partial charge in [0.25, 0.3) is 0 Å². The third-order valence-corrected chi connectivity index (χ3v) is 4.65. The first-order valence-corrected chi connectivity index (χ1v) is 10.7. The van der Waals surface area contributed by atoms with Crippen LogP contribution in [0.1, 0.15) is 29.2 Å². The molecule has 0 saturated carbocycles. The van der Waals surface area contributed by atoms with E-state index in [0.717, 1.165) is 23.6 Å². The second-order valence-corrected chi connectivity index (χ2v) is 8.56. The van der Waals surface area contributed by atoms with Gasteiger partial charge in [-0.15, -0.1) is 24.0 Å². The number of hydrogen-bond acceptors (Lipinski definition) is 3. The van der Waals surface area contributed by atoms with E-state index in [1.165, 1.54) is 17.4 Å². The Morgan fingerprint density at radius 1 is 0.926 bits per heavy atom. The highest BCUT2D eigenvalue weighted by molar-refractivity contribution is 14.0. The lowest BCUT2D eigenvalue weighted by atomic mass is 10.1. The zero-order chi connectivity index (χ0) is 19.0. The minimum absolute atomic E-state index is 0. The Morgan fingerprint density at radius 2 is 1.48 bits per heavy atom. The zero-order valence-electron chi connectivity index (χ0n) is 16.0. The topological polar surface area (TPSA) is 70.6 Å². The van der Waals surface area contributed by atoms with Crippen molar-refractivity contribution in [3.63, 3.8) is 0 Å². The molecule has 2 aromatic carbocycles. The maximum atomic E-state index is 11.3. The molecule has 7 heteroatoms. The third kappa shape index (κ3) is 9.23. The number of sulfone groups is 1. The Kier molecular flexibility index (Phi) is 9.79. The van der Waals surface area contributed by atoms with Gasteiger partial charge in [0, 0.05) is 19.3 Å². The molecule has 0 radical (unpaired) electrons. The molecule has 2 rings (SSSR count). The lowest BCUT2D eigenvalue weighted by molar-refractivity contribution is 0.601. The van der Waals surface area contributed by atoms with E-state index >= 15 is 0 Å². The fraction of sp³-hybridized carbons (Fsp3) is 0.350. The molecule has 0 saturated heterocycles. The summed E-state index contributed by atoms with van der Waals surface area (Å²) in [6.07, 6.45) is 1.24. The van der Waals surface area contributed by atoms with Crippen molar-refractivity contribution in [2.24, 2.45) is 4.99 Å². The minimum atomic E-state index is -3.01. The standard InChI is InChI=1S/C20H27N3O2S.HI/c1-4-21-20(22-13-17-7-5-16(2)6-8-17)23-14-18-9-11-19(12-10-18)15-26(3,24)25;/h5-12H,4,13-15H2,1-3H3,(H2,21,22,23);1H. The van der Waals surface area contributed by atoms with Gasteiger partial charge >= 0.3 is 0 Å². The molecule has 27 heavy (non-hydrogen) atoms. The molecule has 0 spiro atoms. The van der Waals surface area contributed by atoms with E-state index < -0.39 is 9.84 Å². The number of nitrogens with one attached hydrogen (secondary N) is 2. The predicted molar refractivity (Wildman–Crippen MR) is 123 cm³/mol. The van der Waals surface area contributed by atoms with E-state index in [1.807, 2.05) is 31.2 Å². The van der Waals surface area contributed by atoms with Crippen LogP contribution in [0.4, 0.5) is 0 Å². The van der Waals surface area contributed by atoms with Gasteiger partial charge in [-0.05, 0) is 30.5 Å². The molecule has 0 aromatic heterocycles. The summed E-state index contributed by atoms with van der Waals surface area (Å²) in [4.78, 5) is 4.60. The van der Waals surface area contributed by atoms with Crippen molar-refractivity contribution in [3.8, 4) is 0 Å². The second kappa shape index (κ2) is 11.3. The lowest BCUT2D eigenvalue weighted by Gasteiger charge is -2.11. The van der Waals surface area contributed by atoms with Crippen molar-refractivity contribution in [2.45, 2.75) is 32.7 Å². The highest BCUT2D eigenvalue weighted by Gasteiger charge is 2.04. The highest BCUT2D eigenvalue weighted by Crippen LogP contribution is 2.09. The van der Waals surface area contributed by atoms with Gasteiger partial charge in [-0.2, -0.15) is 0 Å². The monoisotopic (exact) mass is 501 g/mol. The van der Waals surface area contributed by atoms with Gasteiger partial charge in [0.1, 0.15) is 0 Å². The molecule has 5 nitrogen and oxygen atoms in total. The van der Waals surface area contributed by atoms with Crippen LogP contribution in [0.5, 0.6) is 0 Å². The molecular formula is C20H28IN3O2S. The van der Waals surface area contributed by atoms with Gasteiger partial charge in [-0.3, -0.25) is 0 Å². The summed E-state index contributed by atoms with van der Waals surface area (Å²) < 4.78 is 22.7. The molecule has 0 unspecified atom stereocenters. The fourth-order valence-corrected chi connectivity index (χ4v) is 3.25. The number of halogens is 1. The molecular weight excluding hydrogens is 473 g/mol. The maximum Gasteiger partial charge on any atom is 0.191 e. The van der Waals surface area contributed by atoms with Crippen LogP contribution in [0.2, 0.25) is 0 Å². The molecule has 0 amide bonds. The average Bonchev–Trinajstić information content (AvgIpc) is 2.59. The number of hydrogen-bond donors (Lipinski definition) is 2. The average molecular weight is 501 g/mol. The van der Waals surface area contributed by atoms with Crippen molar-refractivity contribution < 1.29 is 8.42 Å². The molecule has 0 aliphatic carbocycles. The molecule has 0 aliphatic heterocycles. The molecule has 2 N–H and O–H groups in total. The summed E-state index contributed by atoms with van der Waals surface area (Å²) in [5.41, 5.74) is 4.28. The van der Waals surface area contributed by atoms with E-state index in [1.54, 1.807) is 0 Å². The summed E-state index contributed by atoms with van der Waals surface area (Å²) in [5.74, 6) is 0.824. The predicted octanol–water partition coefficient (Wildman–Crippen LogP) is 3.41. The molecule has 0 bridgehead atoms. The Bertz CT molecular complexity index is 833. The number of guanidine groups is 1. The SMILES string of the molecule is CCNC(=NCc1ccc(CS(C)(=O)=O)cc1)NCc1ccc(C)cc1.I. The van der Waals surface area contributed by atoms with Crippen LogP contribution in [0.3, 0.4) is 0 Å². The van der Waals surface area contributed by atoms with E-state index in [0.29, 0.717) is 13.1 Å². The second-order valence-electron chi connectivity index (χ2n) is 6.42. The smallest absolute Gasteiger partial charge is 0.191 e. The number of nitrogens with zero attached hydrogens (tertiary/aromatic N) is 1. The zero-order valence-corrected chi connectivity index (χ0v) is 19.2. The maximum absolute atomic E-state index is 11.3. The van der Waals surface area contributed by atoms with Gasteiger partial charge < -0.3 is 10.6 Å². The highest BCUT2D eigenvalue weighted by atomic mass is 127. The quantitative estimate of drug-likeness (QED) is 0.347. The van der Waals surface area contributed by atoms with E-state index in [9.17, 15) is 8.42 Å². The Labute approximate surface area is 179 Å². The van der Waals surface area contributed by atoms with Crippen LogP contribution < -0.4 is 10.6 Å². The Morgan fingerprint density at radius 3 is 2.04 bits per heavy atom. The van der Waals surface area contributed by atoms with Crippen LogP contribution in [-0.2, 0) is 28.7 Å². The van der Waals surface area contributed by atoms with Gasteiger partial charge in [-0.25, -0.2) is 13.4 Å². The first-order chi connectivity index (χ1) is 12.4. The van der Waals surface area contributed by atoms with Gasteiger partial charge in [0.15, 0.2) is 15.8 Å². The summed E-state index contributed by atoms with van der Waals surface area (Å²) in [6.45, 7) is 6.13. The first kappa shape index (κ1) is 23.4. The van der Waals surface area contributed by atoms with Crippen molar-refractivity contribution in [3.05, 3.63) is 70.8 Å². The Hall–Kier alpha value is -1.61. The number of aryl methyl sites for hydroxylation is 1. The number of aliphatic imine (C=N–C) groups is 1. The minimum Gasteiger partial charge on any atom is -0.357 e. The van der Waals surface area contributed by atoms with Crippen molar-refractivity contribution in [2.75, 3.05) is 12.8 Å². The first-order valence-electron chi connectivity index (χ1n) is 8.69. The summed E-state index contributed by atoms with van der Waals surface area (Å²) in [7, 11) is -3.01. The Balaban J connectivity index is 0.00000364. The van der Waals surface area contributed by atoms with Gasteiger partial charge in [-0.1, -0.05) is 54.1 Å². The van der Waals surface area contributed by atoms with Crippen LogP contribution in [0, 0.1) is 6.92 Å². The van der Waals surface area contributed by atoms with Crippen LogP contribution >= 0.6 is 24.0 Å². The van der Waals surface area contributed by atoms with Crippen LogP contribution in [0.15, 0.2) is 53.5 Å². The van der Waals surface area contributed by atoms with E-state index in [-0.39, 0.29) is 29.7 Å². The molecule has 0 aliphatic rings. The van der Waals surface area contributed by atoms with E-state index in [2.05, 4.69) is 46.8 Å². The van der Waals surface area contributed by atoms with E-state index in [4.69, 9.17) is 0 Å². The summed E-state index contributed by atoms with van der Waals surface area (Å²) >= 11 is 0. The van der Waals surface area contributed by atoms with Crippen LogP contribution in [-0.4, -0.2) is 27.2 Å². The third-order valence-electron chi connectivity index (χ3n) is 3.80. The molecule has 0 atom stereocenters. The largest absolute Gasteiger partial charge is 0.357 e. The molecule has 0 heterocycles.